The zero-order valence-electron chi connectivity index (χ0n) is 11.1. The Kier molecular flexibility index (Phi) is 4.29. The van der Waals surface area contributed by atoms with Crippen molar-refractivity contribution in [1.82, 2.24) is 0 Å². The lowest BCUT2D eigenvalue weighted by Crippen LogP contribution is -2.06. The van der Waals surface area contributed by atoms with Crippen LogP contribution in [0.1, 0.15) is 32.6 Å². The number of nitriles is 1. The molecule has 0 unspecified atom stereocenters. The molecule has 0 fully saturated rings. The van der Waals surface area contributed by atoms with E-state index >= 15 is 0 Å². The van der Waals surface area contributed by atoms with Crippen molar-refractivity contribution in [1.29, 1.82) is 5.26 Å². The number of hydrogen-bond acceptors (Lipinski definition) is 2. The molecule has 0 radical (unpaired) electrons. The van der Waals surface area contributed by atoms with Gasteiger partial charge < -0.3 is 0 Å². The molecule has 5 heteroatoms. The Bertz CT molecular complexity index is 803. The molecule has 2 aromatic rings. The minimum atomic E-state index is -4.50. The smallest absolute Gasteiger partial charge is 0.298 e. The van der Waals surface area contributed by atoms with Gasteiger partial charge in [0.05, 0.1) is 17.2 Å². The predicted octanol–water partition coefficient (Wildman–Crippen LogP) is 3.79. The Labute approximate surface area is 124 Å². The van der Waals surface area contributed by atoms with Crippen molar-refractivity contribution >= 4 is 6.29 Å². The minimum absolute atomic E-state index is 0.115. The molecule has 0 spiro atoms. The lowest BCUT2D eigenvalue weighted by atomic mass is 10.0. The van der Waals surface area contributed by atoms with Crippen molar-refractivity contribution in [3.05, 3.63) is 70.3 Å². The average molecular weight is 299 g/mol. The van der Waals surface area contributed by atoms with Gasteiger partial charge in [-0.3, -0.25) is 4.79 Å². The van der Waals surface area contributed by atoms with Crippen molar-refractivity contribution in [2.24, 2.45) is 0 Å². The summed E-state index contributed by atoms with van der Waals surface area (Å²) in [7, 11) is 0. The predicted molar refractivity (Wildman–Crippen MR) is 74.0 cm³/mol. The Hall–Kier alpha value is -3.05. The molecule has 0 aliphatic heterocycles. The summed E-state index contributed by atoms with van der Waals surface area (Å²) in [5.74, 6) is 5.41. The molecule has 22 heavy (non-hydrogen) atoms. The third-order valence-corrected chi connectivity index (χ3v) is 2.86. The maximum atomic E-state index is 12.6. The summed E-state index contributed by atoms with van der Waals surface area (Å²) < 4.78 is 37.7. The maximum absolute atomic E-state index is 12.6. The Morgan fingerprint density at radius 1 is 0.955 bits per heavy atom. The second-order valence-electron chi connectivity index (χ2n) is 4.36. The summed E-state index contributed by atoms with van der Waals surface area (Å²) in [6.07, 6.45) is -4.16. The highest BCUT2D eigenvalue weighted by atomic mass is 19.4. The van der Waals surface area contributed by atoms with Gasteiger partial charge in [-0.1, -0.05) is 11.8 Å². The molecule has 0 amide bonds. The topological polar surface area (TPSA) is 40.9 Å². The van der Waals surface area contributed by atoms with Gasteiger partial charge in [0.2, 0.25) is 0 Å². The van der Waals surface area contributed by atoms with E-state index in [4.69, 9.17) is 5.26 Å². The molecule has 0 saturated heterocycles. The Morgan fingerprint density at radius 2 is 1.59 bits per heavy atom. The van der Waals surface area contributed by atoms with Crippen LogP contribution in [-0.4, -0.2) is 6.29 Å². The van der Waals surface area contributed by atoms with E-state index < -0.39 is 11.7 Å². The fourth-order valence-electron chi connectivity index (χ4n) is 1.72. The molecule has 2 aromatic carbocycles. The molecular weight excluding hydrogens is 291 g/mol. The molecular formula is C17H8F3NO. The first-order chi connectivity index (χ1) is 10.4. The fraction of sp³-hybridized carbons (Fsp3) is 0.0588. The normalized spacial score (nSPS) is 10.3. The summed E-state index contributed by atoms with van der Waals surface area (Å²) in [6, 6.07) is 11.2. The molecule has 2 rings (SSSR count). The molecule has 108 valence electrons. The van der Waals surface area contributed by atoms with Gasteiger partial charge in [-0.15, -0.1) is 0 Å². The van der Waals surface area contributed by atoms with Crippen molar-refractivity contribution in [3.8, 4) is 17.9 Å². The van der Waals surface area contributed by atoms with Gasteiger partial charge in [-0.2, -0.15) is 18.4 Å². The number of alkyl halides is 3. The van der Waals surface area contributed by atoms with Gasteiger partial charge >= 0.3 is 6.18 Å². The Morgan fingerprint density at radius 3 is 2.14 bits per heavy atom. The molecule has 0 aliphatic carbocycles. The summed E-state index contributed by atoms with van der Waals surface area (Å²) in [5, 5.41) is 8.68. The first-order valence-electron chi connectivity index (χ1n) is 6.12. The molecule has 0 heterocycles. The quantitative estimate of drug-likeness (QED) is 0.594. The largest absolute Gasteiger partial charge is 0.416 e. The van der Waals surface area contributed by atoms with E-state index in [-0.39, 0.29) is 11.1 Å². The highest BCUT2D eigenvalue weighted by Gasteiger charge is 2.30. The molecule has 0 bridgehead atoms. The molecule has 0 aliphatic rings. The SMILES string of the molecule is N#Cc1ccc(C#Cc2ccc(C(F)(F)F)cc2C=O)cc1. The van der Waals surface area contributed by atoms with E-state index in [1.54, 1.807) is 24.3 Å². The molecule has 0 aromatic heterocycles. The van der Waals surface area contributed by atoms with Crippen LogP contribution in [0.2, 0.25) is 0 Å². The van der Waals surface area contributed by atoms with Crippen LogP contribution >= 0.6 is 0 Å². The second kappa shape index (κ2) is 6.15. The van der Waals surface area contributed by atoms with E-state index in [1.165, 1.54) is 6.07 Å². The van der Waals surface area contributed by atoms with Gasteiger partial charge in [0.25, 0.3) is 0 Å². The zero-order chi connectivity index (χ0) is 16.2. The third kappa shape index (κ3) is 3.53. The minimum Gasteiger partial charge on any atom is -0.298 e. The van der Waals surface area contributed by atoms with Crippen LogP contribution in [0.5, 0.6) is 0 Å². The van der Waals surface area contributed by atoms with E-state index in [1.807, 2.05) is 6.07 Å². The summed E-state index contributed by atoms with van der Waals surface area (Å²) in [5.41, 5.74) is 0.284. The second-order valence-corrected chi connectivity index (χ2v) is 4.36. The van der Waals surface area contributed by atoms with Crippen molar-refractivity contribution in [3.63, 3.8) is 0 Å². The zero-order valence-corrected chi connectivity index (χ0v) is 11.1. The van der Waals surface area contributed by atoms with Crippen molar-refractivity contribution in [2.45, 2.75) is 6.18 Å². The Balaban J connectivity index is 2.36. The summed E-state index contributed by atoms with van der Waals surface area (Å²) >= 11 is 0. The van der Waals surface area contributed by atoms with E-state index in [0.717, 1.165) is 12.1 Å². The van der Waals surface area contributed by atoms with Crippen LogP contribution < -0.4 is 0 Å². The van der Waals surface area contributed by atoms with E-state index in [9.17, 15) is 18.0 Å². The van der Waals surface area contributed by atoms with Gasteiger partial charge in [0, 0.05) is 16.7 Å². The lowest BCUT2D eigenvalue weighted by Gasteiger charge is -2.07. The first kappa shape index (κ1) is 15.3. The number of nitrogens with zero attached hydrogens (tertiary/aromatic N) is 1. The van der Waals surface area contributed by atoms with Crippen LogP contribution in [0.3, 0.4) is 0 Å². The van der Waals surface area contributed by atoms with Crippen LogP contribution in [0.25, 0.3) is 0 Å². The fourth-order valence-corrected chi connectivity index (χ4v) is 1.72. The number of aldehydes is 1. The highest BCUT2D eigenvalue weighted by molar-refractivity contribution is 5.80. The number of rotatable bonds is 1. The standard InChI is InChI=1S/C17H8F3NO/c18-17(19,20)16-8-7-14(15(9-16)11-22)6-5-12-1-3-13(10-21)4-2-12/h1-4,7-9,11H. The number of benzene rings is 2. The van der Waals surface area contributed by atoms with Crippen LogP contribution in [-0.2, 0) is 6.18 Å². The highest BCUT2D eigenvalue weighted by Crippen LogP contribution is 2.30. The third-order valence-electron chi connectivity index (χ3n) is 2.86. The van der Waals surface area contributed by atoms with E-state index in [0.29, 0.717) is 17.4 Å². The molecule has 2 nitrogen and oxygen atoms in total. The van der Waals surface area contributed by atoms with Gasteiger partial charge in [-0.25, -0.2) is 0 Å². The van der Waals surface area contributed by atoms with Gasteiger partial charge in [0.15, 0.2) is 6.29 Å². The maximum Gasteiger partial charge on any atom is 0.416 e. The van der Waals surface area contributed by atoms with Crippen molar-refractivity contribution < 1.29 is 18.0 Å². The number of carbonyl (C=O) groups is 1. The van der Waals surface area contributed by atoms with E-state index in [2.05, 4.69) is 11.8 Å². The van der Waals surface area contributed by atoms with Crippen molar-refractivity contribution in [2.75, 3.05) is 0 Å². The number of halogens is 3. The molecule has 0 N–H and O–H groups in total. The summed E-state index contributed by atoms with van der Waals surface area (Å²) in [6.45, 7) is 0. The van der Waals surface area contributed by atoms with Crippen LogP contribution in [0.4, 0.5) is 13.2 Å². The lowest BCUT2D eigenvalue weighted by molar-refractivity contribution is -0.137. The summed E-state index contributed by atoms with van der Waals surface area (Å²) in [4.78, 5) is 10.9. The molecule has 0 saturated carbocycles. The van der Waals surface area contributed by atoms with Gasteiger partial charge in [-0.05, 0) is 42.5 Å². The van der Waals surface area contributed by atoms with Gasteiger partial charge in [0.1, 0.15) is 0 Å². The first-order valence-corrected chi connectivity index (χ1v) is 6.12. The average Bonchev–Trinajstić information content (AvgIpc) is 2.52. The number of carbonyl (C=O) groups excluding carboxylic acids is 1. The van der Waals surface area contributed by atoms with Crippen LogP contribution in [0, 0.1) is 23.2 Å². The van der Waals surface area contributed by atoms with Crippen LogP contribution in [0.15, 0.2) is 42.5 Å². The monoisotopic (exact) mass is 299 g/mol. The molecule has 0 atom stereocenters. The number of hydrogen-bond donors (Lipinski definition) is 0.